The van der Waals surface area contributed by atoms with Crippen LogP contribution >= 0.6 is 11.3 Å². The minimum atomic E-state index is 0.776. The molecule has 0 radical (unpaired) electrons. The minimum Gasteiger partial charge on any atom is -0.385 e. The smallest absolute Gasteiger partial charge is 0.203 e. The van der Waals surface area contributed by atoms with Crippen molar-refractivity contribution in [2.75, 3.05) is 25.6 Å². The number of rotatable bonds is 7. The number of anilines is 1. The molecule has 4 nitrogen and oxygen atoms in total. The van der Waals surface area contributed by atoms with Crippen molar-refractivity contribution in [3.8, 4) is 0 Å². The highest BCUT2D eigenvalue weighted by Crippen LogP contribution is 2.13. The molecule has 2 aromatic rings. The summed E-state index contributed by atoms with van der Waals surface area (Å²) in [6.07, 6.45) is 4.81. The normalized spacial score (nSPS) is 10.6. The van der Waals surface area contributed by atoms with Crippen molar-refractivity contribution >= 4 is 17.3 Å². The number of methoxy groups -OCH3 is 1. The minimum absolute atomic E-state index is 0.776. The lowest BCUT2D eigenvalue weighted by Crippen LogP contribution is -2.10. The third kappa shape index (κ3) is 3.57. The van der Waals surface area contributed by atoms with E-state index in [-0.39, 0.29) is 0 Å². The molecule has 0 spiro atoms. The molecule has 0 aromatic carbocycles. The molecular weight excluding hydrogens is 234 g/mol. The average Bonchev–Trinajstić information content (AvgIpc) is 2.97. The molecule has 0 bridgehead atoms. The summed E-state index contributed by atoms with van der Waals surface area (Å²) in [4.78, 5) is 5.65. The Labute approximate surface area is 105 Å². The molecule has 0 unspecified atom stereocenters. The summed E-state index contributed by atoms with van der Waals surface area (Å²) in [5, 5.41) is 5.41. The Bertz CT molecular complexity index is 425. The molecule has 2 aromatic heterocycles. The molecule has 92 valence electrons. The van der Waals surface area contributed by atoms with Crippen molar-refractivity contribution in [2.24, 2.45) is 0 Å². The van der Waals surface area contributed by atoms with Crippen LogP contribution in [0.1, 0.15) is 11.3 Å². The second kappa shape index (κ2) is 6.42. The Hall–Kier alpha value is -1.33. The summed E-state index contributed by atoms with van der Waals surface area (Å²) in [6, 6.07) is 4.21. The van der Waals surface area contributed by atoms with Gasteiger partial charge in [0.05, 0.1) is 6.54 Å². The molecule has 0 aliphatic heterocycles. The van der Waals surface area contributed by atoms with Gasteiger partial charge in [-0.15, -0.1) is 11.3 Å². The molecule has 0 aliphatic carbocycles. The monoisotopic (exact) mass is 251 g/mol. The van der Waals surface area contributed by atoms with Gasteiger partial charge < -0.3 is 14.6 Å². The lowest BCUT2D eigenvalue weighted by molar-refractivity contribution is 0.197. The third-order valence-electron chi connectivity index (χ3n) is 2.43. The van der Waals surface area contributed by atoms with Crippen molar-refractivity contribution in [3.63, 3.8) is 0 Å². The van der Waals surface area contributed by atoms with Crippen LogP contribution in [0.15, 0.2) is 29.9 Å². The van der Waals surface area contributed by atoms with Crippen LogP contribution in [0.5, 0.6) is 0 Å². The molecule has 2 rings (SSSR count). The van der Waals surface area contributed by atoms with Gasteiger partial charge in [-0.1, -0.05) is 6.07 Å². The number of hydrogen-bond donors (Lipinski definition) is 1. The molecular formula is C12H17N3OS. The van der Waals surface area contributed by atoms with Gasteiger partial charge >= 0.3 is 0 Å². The largest absolute Gasteiger partial charge is 0.385 e. The fraction of sp³-hybridized carbons (Fsp3) is 0.417. The van der Waals surface area contributed by atoms with Crippen molar-refractivity contribution in [3.05, 3.63) is 34.8 Å². The number of hydrogen-bond acceptors (Lipinski definition) is 4. The number of thiophene rings is 1. The van der Waals surface area contributed by atoms with Crippen LogP contribution < -0.4 is 5.32 Å². The number of aromatic nitrogens is 2. The molecule has 1 N–H and O–H groups in total. The first kappa shape index (κ1) is 12.1. The van der Waals surface area contributed by atoms with E-state index in [1.807, 2.05) is 12.4 Å². The van der Waals surface area contributed by atoms with Gasteiger partial charge in [0.25, 0.3) is 0 Å². The van der Waals surface area contributed by atoms with E-state index in [2.05, 4.69) is 32.4 Å². The van der Waals surface area contributed by atoms with Crippen LogP contribution in [0.3, 0.4) is 0 Å². The molecule has 0 amide bonds. The Kier molecular flexibility index (Phi) is 4.58. The summed E-state index contributed by atoms with van der Waals surface area (Å²) < 4.78 is 7.13. The fourth-order valence-corrected chi connectivity index (χ4v) is 2.29. The molecule has 0 saturated heterocycles. The molecule has 0 saturated carbocycles. The first-order valence-corrected chi connectivity index (χ1v) is 6.54. The fourth-order valence-electron chi connectivity index (χ4n) is 1.59. The number of nitrogens with one attached hydrogen (secondary N) is 1. The number of imidazole rings is 1. The van der Waals surface area contributed by atoms with Crippen LogP contribution in [0.2, 0.25) is 0 Å². The van der Waals surface area contributed by atoms with Gasteiger partial charge in [-0.25, -0.2) is 4.98 Å². The van der Waals surface area contributed by atoms with Crippen LogP contribution in [0, 0.1) is 0 Å². The summed E-state index contributed by atoms with van der Waals surface area (Å²) >= 11 is 1.77. The maximum Gasteiger partial charge on any atom is 0.203 e. The van der Waals surface area contributed by atoms with E-state index < -0.39 is 0 Å². The molecule has 17 heavy (non-hydrogen) atoms. The summed E-state index contributed by atoms with van der Waals surface area (Å²) in [7, 11) is 1.72. The van der Waals surface area contributed by atoms with E-state index in [9.17, 15) is 0 Å². The zero-order chi connectivity index (χ0) is 11.9. The molecule has 2 heterocycles. The van der Waals surface area contributed by atoms with E-state index in [4.69, 9.17) is 4.74 Å². The predicted octanol–water partition coefficient (Wildman–Crippen LogP) is 2.44. The Morgan fingerprint density at radius 1 is 1.53 bits per heavy atom. The maximum atomic E-state index is 5.01. The number of nitrogens with zero attached hydrogens (tertiary/aromatic N) is 2. The molecule has 0 fully saturated rings. The summed E-state index contributed by atoms with van der Waals surface area (Å²) in [5.74, 6) is 0.925. The van der Waals surface area contributed by atoms with E-state index in [0.29, 0.717) is 0 Å². The maximum absolute atomic E-state index is 5.01. The highest BCUT2D eigenvalue weighted by molar-refractivity contribution is 7.09. The van der Waals surface area contributed by atoms with Crippen molar-refractivity contribution in [1.29, 1.82) is 0 Å². The van der Waals surface area contributed by atoms with Gasteiger partial charge in [0.1, 0.15) is 0 Å². The molecule has 0 atom stereocenters. The van der Waals surface area contributed by atoms with Gasteiger partial charge in [0.15, 0.2) is 0 Å². The first-order valence-electron chi connectivity index (χ1n) is 5.66. The van der Waals surface area contributed by atoms with Crippen molar-refractivity contribution in [1.82, 2.24) is 9.55 Å². The Morgan fingerprint density at radius 3 is 3.24 bits per heavy atom. The quantitative estimate of drug-likeness (QED) is 0.768. The van der Waals surface area contributed by atoms with Gasteiger partial charge in [-0.3, -0.25) is 0 Å². The highest BCUT2D eigenvalue weighted by Gasteiger charge is 2.03. The number of ether oxygens (including phenoxy) is 1. The Balaban J connectivity index is 1.88. The second-order valence-corrected chi connectivity index (χ2v) is 4.76. The molecule has 5 heteroatoms. The SMILES string of the molecule is COCCCNc1nccn1Cc1cccs1. The van der Waals surface area contributed by atoms with Crippen molar-refractivity contribution in [2.45, 2.75) is 13.0 Å². The van der Waals surface area contributed by atoms with Crippen LogP contribution in [0.25, 0.3) is 0 Å². The van der Waals surface area contributed by atoms with E-state index in [0.717, 1.165) is 32.1 Å². The summed E-state index contributed by atoms with van der Waals surface area (Å²) in [6.45, 7) is 2.54. The first-order chi connectivity index (χ1) is 8.40. The van der Waals surface area contributed by atoms with Gasteiger partial charge in [0, 0.05) is 37.5 Å². The van der Waals surface area contributed by atoms with E-state index in [1.165, 1.54) is 4.88 Å². The van der Waals surface area contributed by atoms with E-state index in [1.54, 1.807) is 18.4 Å². The summed E-state index contributed by atoms with van der Waals surface area (Å²) in [5.41, 5.74) is 0. The van der Waals surface area contributed by atoms with Gasteiger partial charge in [-0.2, -0.15) is 0 Å². The Morgan fingerprint density at radius 2 is 2.47 bits per heavy atom. The lowest BCUT2D eigenvalue weighted by Gasteiger charge is -2.08. The second-order valence-electron chi connectivity index (χ2n) is 3.73. The third-order valence-corrected chi connectivity index (χ3v) is 3.29. The topological polar surface area (TPSA) is 39.1 Å². The highest BCUT2D eigenvalue weighted by atomic mass is 32.1. The lowest BCUT2D eigenvalue weighted by atomic mass is 10.4. The van der Waals surface area contributed by atoms with Gasteiger partial charge in [0.2, 0.25) is 5.95 Å². The standard InChI is InChI=1S/C12H17N3OS/c1-16-8-3-5-13-12-14-6-7-15(12)10-11-4-2-9-17-11/h2,4,6-7,9H,3,5,8,10H2,1H3,(H,13,14). The van der Waals surface area contributed by atoms with Crippen LogP contribution in [-0.4, -0.2) is 29.8 Å². The van der Waals surface area contributed by atoms with Crippen LogP contribution in [-0.2, 0) is 11.3 Å². The average molecular weight is 251 g/mol. The predicted molar refractivity (Wildman–Crippen MR) is 70.6 cm³/mol. The van der Waals surface area contributed by atoms with E-state index >= 15 is 0 Å². The van der Waals surface area contributed by atoms with Crippen LogP contribution in [0.4, 0.5) is 5.95 Å². The molecule has 0 aliphatic rings. The zero-order valence-electron chi connectivity index (χ0n) is 9.93. The van der Waals surface area contributed by atoms with Crippen molar-refractivity contribution < 1.29 is 4.74 Å². The van der Waals surface area contributed by atoms with Gasteiger partial charge in [-0.05, 0) is 17.9 Å². The zero-order valence-corrected chi connectivity index (χ0v) is 10.7.